The molecule has 0 saturated heterocycles. The fraction of sp³-hybridized carbons (Fsp3) is 0.286. The molecule has 4 rings (SSSR count). The molecule has 0 fully saturated rings. The smallest absolute Gasteiger partial charge is 0.408 e. The van der Waals surface area contributed by atoms with E-state index in [9.17, 15) is 19.2 Å². The molecule has 4 aromatic rings. The number of hydrogen-bond donors (Lipinski definition) is 3. The van der Waals surface area contributed by atoms with Crippen LogP contribution in [0.4, 0.5) is 4.79 Å². The minimum Gasteiger partial charge on any atom is -0.432 e. The number of amides is 4. The lowest BCUT2D eigenvalue weighted by Crippen LogP contribution is -2.59. The maximum absolute atomic E-state index is 14.1. The molecule has 0 spiro atoms. The number of hydrogen-bond acceptors (Lipinski definition) is 7. The Morgan fingerprint density at radius 2 is 1.41 bits per heavy atom. The molecule has 3 N–H and O–H groups in total. The van der Waals surface area contributed by atoms with Crippen LogP contribution in [0.15, 0.2) is 90.3 Å². The van der Waals surface area contributed by atoms with Crippen molar-refractivity contribution in [3.63, 3.8) is 0 Å². The number of alkyl carbamates (subject to hydrolysis) is 1. The number of hydrazine groups is 1. The highest BCUT2D eigenvalue weighted by atomic mass is 32.1. The zero-order chi connectivity index (χ0) is 33.3. The largest absolute Gasteiger partial charge is 0.432 e. The van der Waals surface area contributed by atoms with Crippen LogP contribution in [-0.2, 0) is 28.9 Å². The number of nitrogens with one attached hydrogen (secondary N) is 3. The normalized spacial score (nSPS) is 11.3. The highest BCUT2D eigenvalue weighted by Crippen LogP contribution is 2.25. The second kappa shape index (κ2) is 14.8. The highest BCUT2D eigenvalue weighted by Gasteiger charge is 2.44. The summed E-state index contributed by atoms with van der Waals surface area (Å²) in [5.41, 5.74) is 5.45. The summed E-state index contributed by atoms with van der Waals surface area (Å²) in [6.07, 6.45) is -0.697. The zero-order valence-corrected chi connectivity index (χ0v) is 27.4. The molecule has 10 nitrogen and oxygen atoms in total. The molecule has 0 unspecified atom stereocenters. The van der Waals surface area contributed by atoms with Crippen LogP contribution in [0.2, 0.25) is 0 Å². The van der Waals surface area contributed by atoms with Crippen LogP contribution >= 0.6 is 11.3 Å². The molecular formula is C35H39N5O5S. The number of benzene rings is 3. The van der Waals surface area contributed by atoms with Gasteiger partial charge >= 0.3 is 6.09 Å². The van der Waals surface area contributed by atoms with Gasteiger partial charge in [-0.25, -0.2) is 9.78 Å². The first-order chi connectivity index (χ1) is 21.8. The van der Waals surface area contributed by atoms with Crippen LogP contribution < -0.4 is 16.2 Å². The average molecular weight is 642 g/mol. The van der Waals surface area contributed by atoms with E-state index in [0.717, 1.165) is 21.8 Å². The molecule has 11 heteroatoms. The van der Waals surface area contributed by atoms with Crippen molar-refractivity contribution in [3.05, 3.63) is 123 Å². The molecule has 46 heavy (non-hydrogen) atoms. The Balaban J connectivity index is 1.56. The van der Waals surface area contributed by atoms with E-state index in [1.54, 1.807) is 40.0 Å². The zero-order valence-electron chi connectivity index (χ0n) is 26.6. The lowest BCUT2D eigenvalue weighted by Gasteiger charge is -2.34. The SMILES string of the molecule is Cc1csc(CN(C)C(=O)c2cccc(C(=O)NNC(=O)C(Cc3ccccc3)(Cc3ccccc3)OC(=O)NC(C)(C)C)c2)n1. The summed E-state index contributed by atoms with van der Waals surface area (Å²) in [5.74, 6) is -1.65. The molecule has 0 bridgehead atoms. The molecule has 0 atom stereocenters. The summed E-state index contributed by atoms with van der Waals surface area (Å²) >= 11 is 1.47. The molecular weight excluding hydrogens is 602 g/mol. The molecule has 1 heterocycles. The van der Waals surface area contributed by atoms with Gasteiger partial charge in [0.05, 0.1) is 6.54 Å². The molecule has 4 amide bonds. The predicted molar refractivity (Wildman–Crippen MR) is 177 cm³/mol. The van der Waals surface area contributed by atoms with Gasteiger partial charge in [0, 0.05) is 47.6 Å². The summed E-state index contributed by atoms with van der Waals surface area (Å²) in [6.45, 7) is 7.64. The van der Waals surface area contributed by atoms with Gasteiger partial charge in [0.2, 0.25) is 5.60 Å². The van der Waals surface area contributed by atoms with Crippen LogP contribution in [0.1, 0.15) is 63.3 Å². The summed E-state index contributed by atoms with van der Waals surface area (Å²) < 4.78 is 5.98. The number of aromatic nitrogens is 1. The summed E-state index contributed by atoms with van der Waals surface area (Å²) in [6, 6.07) is 24.6. The van der Waals surface area contributed by atoms with Crippen molar-refractivity contribution in [2.75, 3.05) is 7.05 Å². The summed E-state index contributed by atoms with van der Waals surface area (Å²) in [7, 11) is 1.67. The van der Waals surface area contributed by atoms with Gasteiger partial charge in [0.25, 0.3) is 17.7 Å². The fourth-order valence-corrected chi connectivity index (χ4v) is 5.59. The summed E-state index contributed by atoms with van der Waals surface area (Å²) in [5, 5.41) is 5.49. The number of ether oxygens (including phenoxy) is 1. The number of rotatable bonds is 10. The molecule has 0 aliphatic rings. The van der Waals surface area contributed by atoms with E-state index < -0.39 is 29.0 Å². The molecule has 0 aliphatic carbocycles. The van der Waals surface area contributed by atoms with Crippen molar-refractivity contribution in [1.29, 1.82) is 0 Å². The van der Waals surface area contributed by atoms with Crippen LogP contribution in [0.3, 0.4) is 0 Å². The van der Waals surface area contributed by atoms with Crippen LogP contribution in [0.25, 0.3) is 0 Å². The van der Waals surface area contributed by atoms with E-state index in [1.807, 2.05) is 73.0 Å². The second-order valence-corrected chi connectivity index (χ2v) is 13.1. The second-order valence-electron chi connectivity index (χ2n) is 12.1. The Morgan fingerprint density at radius 1 is 0.826 bits per heavy atom. The minimum atomic E-state index is -1.74. The lowest BCUT2D eigenvalue weighted by atomic mass is 9.87. The van der Waals surface area contributed by atoms with Gasteiger partial charge in [-0.15, -0.1) is 11.3 Å². The Bertz CT molecular complexity index is 1630. The fourth-order valence-electron chi connectivity index (χ4n) is 4.77. The van der Waals surface area contributed by atoms with Gasteiger partial charge in [0.1, 0.15) is 5.01 Å². The number of aryl methyl sites for hydroxylation is 1. The van der Waals surface area contributed by atoms with E-state index >= 15 is 0 Å². The third-order valence-corrected chi connectivity index (χ3v) is 7.84. The quantitative estimate of drug-likeness (QED) is 0.203. The lowest BCUT2D eigenvalue weighted by molar-refractivity contribution is -0.141. The van der Waals surface area contributed by atoms with Crippen molar-refractivity contribution < 1.29 is 23.9 Å². The number of nitrogens with zero attached hydrogens (tertiary/aromatic N) is 2. The van der Waals surface area contributed by atoms with Crippen molar-refractivity contribution in [3.8, 4) is 0 Å². The third kappa shape index (κ3) is 9.48. The Labute approximate surface area is 273 Å². The first kappa shape index (κ1) is 33.9. The van der Waals surface area contributed by atoms with Gasteiger partial charge in [-0.2, -0.15) is 0 Å². The van der Waals surface area contributed by atoms with Crippen LogP contribution in [-0.4, -0.2) is 51.9 Å². The standard InChI is InChI=1S/C35H39N5O5S/c1-24-23-46-29(36-24)22-40(5)31(42)28-18-12-17-27(19-28)30(41)38-39-32(43)35(20-25-13-8-6-9-14-25,21-26-15-10-7-11-16-26)45-33(44)37-34(2,3)4/h6-19,23H,20-22H2,1-5H3,(H,37,44)(H,38,41)(H,39,43). The predicted octanol–water partition coefficient (Wildman–Crippen LogP) is 5.23. The van der Waals surface area contributed by atoms with Crippen LogP contribution in [0, 0.1) is 6.92 Å². The Hall–Kier alpha value is -5.03. The molecule has 1 aromatic heterocycles. The average Bonchev–Trinajstić information content (AvgIpc) is 3.43. The number of carbonyl (C=O) groups excluding carboxylic acids is 4. The Kier molecular flexibility index (Phi) is 10.9. The highest BCUT2D eigenvalue weighted by molar-refractivity contribution is 7.09. The molecule has 3 aromatic carbocycles. The monoisotopic (exact) mass is 641 g/mol. The van der Waals surface area contributed by atoms with E-state index in [1.165, 1.54) is 28.4 Å². The van der Waals surface area contributed by atoms with E-state index in [-0.39, 0.29) is 24.3 Å². The van der Waals surface area contributed by atoms with E-state index in [2.05, 4.69) is 21.2 Å². The third-order valence-electron chi connectivity index (χ3n) is 6.89. The van der Waals surface area contributed by atoms with Gasteiger partial charge in [-0.1, -0.05) is 66.7 Å². The van der Waals surface area contributed by atoms with Crippen LogP contribution in [0.5, 0.6) is 0 Å². The van der Waals surface area contributed by atoms with Gasteiger partial charge in [-0.3, -0.25) is 25.2 Å². The maximum atomic E-state index is 14.1. The van der Waals surface area contributed by atoms with Crippen molar-refractivity contribution in [1.82, 2.24) is 26.1 Å². The maximum Gasteiger partial charge on any atom is 0.408 e. The number of carbonyl (C=O) groups is 4. The Morgan fingerprint density at radius 3 is 1.96 bits per heavy atom. The summed E-state index contributed by atoms with van der Waals surface area (Å²) in [4.78, 5) is 59.5. The van der Waals surface area contributed by atoms with E-state index in [0.29, 0.717) is 12.1 Å². The molecule has 240 valence electrons. The van der Waals surface area contributed by atoms with Crippen molar-refractivity contribution in [2.45, 2.75) is 58.2 Å². The van der Waals surface area contributed by atoms with E-state index in [4.69, 9.17) is 4.74 Å². The molecule has 0 saturated carbocycles. The van der Waals surface area contributed by atoms with Gasteiger partial charge in [0.15, 0.2) is 0 Å². The van der Waals surface area contributed by atoms with Gasteiger partial charge in [-0.05, 0) is 57.0 Å². The molecule has 0 radical (unpaired) electrons. The minimum absolute atomic E-state index is 0.0386. The van der Waals surface area contributed by atoms with Crippen molar-refractivity contribution >= 4 is 35.2 Å². The topological polar surface area (TPSA) is 130 Å². The first-order valence-corrected chi connectivity index (χ1v) is 15.7. The number of thiazole rings is 1. The first-order valence-electron chi connectivity index (χ1n) is 14.8. The van der Waals surface area contributed by atoms with Crippen molar-refractivity contribution in [2.24, 2.45) is 0 Å². The molecule has 0 aliphatic heterocycles. The van der Waals surface area contributed by atoms with Gasteiger partial charge < -0.3 is 15.0 Å².